The first kappa shape index (κ1) is 57.9. The van der Waals surface area contributed by atoms with E-state index in [0.29, 0.717) is 0 Å². The molecule has 0 aliphatic rings. The second-order valence-electron chi connectivity index (χ2n) is 27.9. The fourth-order valence-electron chi connectivity index (χ4n) is 13.7. The van der Waals surface area contributed by atoms with Gasteiger partial charge in [-0.05, 0) is 152 Å². The highest BCUT2D eigenvalue weighted by Gasteiger charge is 2.28. The monoisotopic (exact) mass is 1360 g/mol. The zero-order valence-electron chi connectivity index (χ0n) is 52.1. The van der Waals surface area contributed by atoms with Crippen LogP contribution in [0.15, 0.2) is 155 Å². The van der Waals surface area contributed by atoms with E-state index >= 15 is 0 Å². The van der Waals surface area contributed by atoms with Gasteiger partial charge < -0.3 is 18.8 Å². The van der Waals surface area contributed by atoms with E-state index in [4.69, 9.17) is 47.8 Å². The molecule has 6 heterocycles. The van der Waals surface area contributed by atoms with Crippen LogP contribution in [0, 0.1) is 0 Å². The summed E-state index contributed by atoms with van der Waals surface area (Å²) < 4.78 is 22.3. The van der Waals surface area contributed by atoms with Gasteiger partial charge in [0.15, 0.2) is 0 Å². The molecule has 0 radical (unpaired) electrons. The summed E-state index contributed by atoms with van der Waals surface area (Å²) >= 11 is 35.5. The Morgan fingerprint density at radius 2 is 0.670 bits per heavy atom. The van der Waals surface area contributed by atoms with Gasteiger partial charge in [0.1, 0.15) is 0 Å². The summed E-state index contributed by atoms with van der Waals surface area (Å²) in [6.07, 6.45) is 0. The van der Waals surface area contributed by atoms with E-state index < -0.39 is 7.15 Å². The molecule has 0 amide bonds. The SMILES string of the molecule is CC(C)(C)c1ccc2[nH]c3c(-c4cc(Br)c(-c5ccc(Cl)c6c5[nH]c5ccc(C(C)(C)C)cc56)cc4Br)ccc(Cl)c3c2c1.CC(C)(C)c1ccc2c(c1)c1c(Cl)ccc3c4cc5c(cc4n2c31)c1ccc(Cl)c2c3cc(C(C)(C)C)ccc3n5c12.[2H]CF. The Morgan fingerprint density at radius 1 is 0.352 bits per heavy atom. The van der Waals surface area contributed by atoms with E-state index in [-0.39, 0.29) is 21.7 Å². The first-order valence-electron chi connectivity index (χ1n) is 30.4. The molecule has 0 aliphatic heterocycles. The molecule has 88 heavy (non-hydrogen) atoms. The zero-order valence-corrected chi connectivity index (χ0v) is 57.3. The number of hydrogen-bond donors (Lipinski definition) is 2. The smallest absolute Gasteiger partial charge is 0.0785 e. The van der Waals surface area contributed by atoms with Crippen LogP contribution in [0.5, 0.6) is 0 Å². The van der Waals surface area contributed by atoms with Crippen LogP contribution < -0.4 is 0 Å². The molecule has 16 rings (SSSR count). The zero-order chi connectivity index (χ0) is 63.0. The molecule has 11 heteroatoms. The minimum absolute atomic E-state index is 0.0402. The minimum Gasteiger partial charge on any atom is -0.354 e. The molecule has 16 aromatic rings. The fraction of sp³-hybridized carbons (Fsp3) is 0.221. The highest BCUT2D eigenvalue weighted by atomic mass is 79.9. The van der Waals surface area contributed by atoms with Crippen molar-refractivity contribution in [1.82, 2.24) is 18.8 Å². The van der Waals surface area contributed by atoms with Crippen molar-refractivity contribution in [1.29, 1.82) is 0 Å². The Morgan fingerprint density at radius 3 is 1.02 bits per heavy atom. The number of H-pyrrole nitrogens is 2. The van der Waals surface area contributed by atoms with Gasteiger partial charge in [0.05, 0.1) is 72.7 Å². The van der Waals surface area contributed by atoms with Crippen molar-refractivity contribution in [2.75, 3.05) is 7.15 Å². The maximum absolute atomic E-state index is 9.96. The molecule has 6 aromatic heterocycles. The van der Waals surface area contributed by atoms with Crippen molar-refractivity contribution in [3.8, 4) is 22.3 Å². The maximum atomic E-state index is 9.96. The molecule has 0 saturated heterocycles. The molecule has 2 N–H and O–H groups in total. The first-order valence-corrected chi connectivity index (χ1v) is 32.7. The van der Waals surface area contributed by atoms with Crippen LogP contribution >= 0.6 is 78.3 Å². The molecule has 0 unspecified atom stereocenters. The van der Waals surface area contributed by atoms with Crippen LogP contribution in [0.1, 0.15) is 107 Å². The van der Waals surface area contributed by atoms with Gasteiger partial charge in [-0.1, -0.05) is 210 Å². The lowest BCUT2D eigenvalue weighted by Gasteiger charge is -2.19. The summed E-state index contributed by atoms with van der Waals surface area (Å²) in [6.45, 7) is 27.0. The molecular formula is C77H65Br2Cl4FN4. The number of nitrogens with one attached hydrogen (secondary N) is 2. The molecular weight excluding hydrogens is 1300 g/mol. The molecule has 0 aliphatic carbocycles. The predicted molar refractivity (Wildman–Crippen MR) is 389 cm³/mol. The summed E-state index contributed by atoms with van der Waals surface area (Å²) in [7, 11) is -1.00. The number of alkyl halides is 1. The number of rotatable bonds is 2. The van der Waals surface area contributed by atoms with Crippen LogP contribution in [0.4, 0.5) is 4.39 Å². The average Bonchev–Trinajstić information content (AvgIpc) is 1.52. The maximum Gasteiger partial charge on any atom is 0.0785 e. The van der Waals surface area contributed by atoms with Crippen LogP contribution in [0.2, 0.25) is 20.1 Å². The lowest BCUT2D eigenvalue weighted by atomic mass is 9.86. The number of hydrogen-bond acceptors (Lipinski definition) is 0. The Labute approximate surface area is 549 Å². The van der Waals surface area contributed by atoms with E-state index in [9.17, 15) is 4.39 Å². The number of halogens is 7. The summed E-state index contributed by atoms with van der Waals surface area (Å²) in [5.74, 6) is 0. The van der Waals surface area contributed by atoms with Crippen molar-refractivity contribution in [3.63, 3.8) is 0 Å². The molecule has 442 valence electrons. The quantitative estimate of drug-likeness (QED) is 0.173. The second kappa shape index (κ2) is 20.5. The molecule has 0 bridgehead atoms. The fourth-order valence-corrected chi connectivity index (χ4v) is 15.9. The molecule has 0 saturated carbocycles. The molecule has 0 fully saturated rings. The van der Waals surface area contributed by atoms with Crippen LogP contribution in [0.3, 0.4) is 0 Å². The van der Waals surface area contributed by atoms with E-state index in [2.05, 4.69) is 267 Å². The lowest BCUT2D eigenvalue weighted by molar-refractivity contribution is 0.591. The standard InChI is InChI=1S/C38H32Br2Cl2N2.C38H30Cl2N2.CH3F/c1-37(2,3)19-7-13-31-25(15-19)33-29(41)11-9-21(35(33)43-31)23-17-28(40)24(18-27(23)39)22-10-12-30(42)34-26-16-20(38(4,5)6)8-14-32(26)44-36(22)34;1-37(2,3)19-7-13-29-25(15-19)33-27(39)11-9-21-23-18-32-24(17-31(23)41(29)35(21)33)22-10-12-28(40)34-26-16-20(38(4,5)6)8-14-30(26)42(32)36(22)34;1-2/h7-18,43-44H,1-6H3;7-18H,1-6H3;1H3/i;;1D. The number of aromatic amines is 2. The molecule has 4 nitrogen and oxygen atoms in total. The Balaban J connectivity index is 0.000000149. The van der Waals surface area contributed by atoms with Gasteiger partial charge >= 0.3 is 0 Å². The first-order chi connectivity index (χ1) is 42.1. The Bertz CT molecular complexity index is 5280. The highest BCUT2D eigenvalue weighted by molar-refractivity contribution is 9.11. The predicted octanol–water partition coefficient (Wildman–Crippen LogP) is 26.2. The number of fused-ring (bicyclic) bond motifs is 18. The van der Waals surface area contributed by atoms with Gasteiger partial charge in [0.25, 0.3) is 0 Å². The average molecular weight is 1370 g/mol. The van der Waals surface area contributed by atoms with Crippen LogP contribution in [-0.2, 0) is 21.7 Å². The largest absolute Gasteiger partial charge is 0.354 e. The van der Waals surface area contributed by atoms with Crippen molar-refractivity contribution in [2.45, 2.75) is 105 Å². The highest BCUT2D eigenvalue weighted by Crippen LogP contribution is 2.50. The van der Waals surface area contributed by atoms with E-state index in [1.807, 2.05) is 12.1 Å². The van der Waals surface area contributed by atoms with E-state index in [0.717, 1.165) is 106 Å². The van der Waals surface area contributed by atoms with Gasteiger partial charge in [-0.3, -0.25) is 4.39 Å². The third-order valence-electron chi connectivity index (χ3n) is 18.4. The normalized spacial score (nSPS) is 13.1. The Kier molecular flexibility index (Phi) is 13.5. The van der Waals surface area contributed by atoms with Gasteiger partial charge in [-0.25, -0.2) is 0 Å². The molecule has 0 spiro atoms. The summed E-state index contributed by atoms with van der Waals surface area (Å²) in [5.41, 5.74) is 21.1. The second-order valence-corrected chi connectivity index (χ2v) is 31.3. The van der Waals surface area contributed by atoms with Crippen molar-refractivity contribution in [3.05, 3.63) is 197 Å². The van der Waals surface area contributed by atoms with Gasteiger partial charge in [0.2, 0.25) is 0 Å². The van der Waals surface area contributed by atoms with Crippen LogP contribution in [0.25, 0.3) is 142 Å². The van der Waals surface area contributed by atoms with E-state index in [1.165, 1.54) is 87.7 Å². The number of benzene rings is 10. The number of nitrogens with zero attached hydrogens (tertiary/aromatic N) is 2. The number of aromatic nitrogens is 4. The minimum atomic E-state index is -1.00. The summed E-state index contributed by atoms with van der Waals surface area (Å²) in [4.78, 5) is 7.36. The third kappa shape index (κ3) is 8.97. The summed E-state index contributed by atoms with van der Waals surface area (Å²) in [5, 5.41) is 17.1. The topological polar surface area (TPSA) is 40.4 Å². The van der Waals surface area contributed by atoms with Gasteiger partial charge in [-0.15, -0.1) is 0 Å². The molecule has 0 atom stereocenters. The Hall–Kier alpha value is -6.55. The molecule has 10 aromatic carbocycles. The lowest BCUT2D eigenvalue weighted by Crippen LogP contribution is -2.10. The van der Waals surface area contributed by atoms with Gasteiger partial charge in [0, 0.05) is 95.7 Å². The van der Waals surface area contributed by atoms with Gasteiger partial charge in [-0.2, -0.15) is 0 Å². The van der Waals surface area contributed by atoms with E-state index in [1.54, 1.807) is 0 Å². The van der Waals surface area contributed by atoms with Crippen molar-refractivity contribution in [2.24, 2.45) is 0 Å². The van der Waals surface area contributed by atoms with Crippen molar-refractivity contribution >= 4 is 198 Å². The van der Waals surface area contributed by atoms with Crippen LogP contribution in [-0.4, -0.2) is 25.9 Å². The van der Waals surface area contributed by atoms with Crippen molar-refractivity contribution < 1.29 is 5.76 Å². The third-order valence-corrected chi connectivity index (χ3v) is 21.0. The summed E-state index contributed by atoms with van der Waals surface area (Å²) in [6, 6.07) is 53.0.